The van der Waals surface area contributed by atoms with Crippen molar-refractivity contribution in [3.05, 3.63) is 11.9 Å². The van der Waals surface area contributed by atoms with Gasteiger partial charge < -0.3 is 31.7 Å². The summed E-state index contributed by atoms with van der Waals surface area (Å²) in [6.07, 6.45) is 3.75. The Morgan fingerprint density at radius 1 is 1.02 bits per heavy atom. The standard InChI is InChI=1S/C27H50N8O5.C2H6/c1-18(2)23(37)20(10-9-14-30-25(28)39)32-24(38)21(29-8)11-12-22(36)31-16-19-17-35(34-33-19)27(6,7)13-15-40-26(3,4)5;1-2/h17-18,20-21,29H,9-16H2,1-8H3,(H,31,36)(H,32,38)(H3,28,30,39);1-2H3. The number of primary amides is 1. The summed E-state index contributed by atoms with van der Waals surface area (Å²) >= 11 is 0. The summed E-state index contributed by atoms with van der Waals surface area (Å²) in [7, 11) is 1.63. The number of urea groups is 1. The van der Waals surface area contributed by atoms with Gasteiger partial charge in [0.2, 0.25) is 11.8 Å². The van der Waals surface area contributed by atoms with Gasteiger partial charge in [-0.3, -0.25) is 14.4 Å². The molecule has 1 aromatic rings. The highest BCUT2D eigenvalue weighted by Crippen LogP contribution is 2.20. The lowest BCUT2D eigenvalue weighted by molar-refractivity contribution is -0.131. The Kier molecular flexibility index (Phi) is 17.8. The van der Waals surface area contributed by atoms with Gasteiger partial charge in [0.1, 0.15) is 5.69 Å². The van der Waals surface area contributed by atoms with Crippen LogP contribution in [0, 0.1) is 5.92 Å². The van der Waals surface area contributed by atoms with Crippen molar-refractivity contribution in [2.45, 2.75) is 124 Å². The number of likely N-dealkylation sites (N-methyl/N-ethyl adjacent to an activating group) is 1. The lowest BCUT2D eigenvalue weighted by Crippen LogP contribution is -2.50. The van der Waals surface area contributed by atoms with Crippen LogP contribution in [0.2, 0.25) is 0 Å². The van der Waals surface area contributed by atoms with Crippen molar-refractivity contribution in [2.75, 3.05) is 20.2 Å². The normalized spacial score (nSPS) is 13.0. The molecule has 2 atom stereocenters. The molecule has 0 aliphatic carbocycles. The van der Waals surface area contributed by atoms with Crippen LogP contribution >= 0.6 is 0 Å². The molecule has 0 spiro atoms. The van der Waals surface area contributed by atoms with Gasteiger partial charge in [0.05, 0.1) is 36.0 Å². The van der Waals surface area contributed by atoms with Crippen molar-refractivity contribution in [3.8, 4) is 0 Å². The molecule has 0 fully saturated rings. The molecule has 13 nitrogen and oxygen atoms in total. The van der Waals surface area contributed by atoms with Crippen LogP contribution in [0.25, 0.3) is 0 Å². The van der Waals surface area contributed by atoms with E-state index in [1.807, 2.05) is 40.8 Å². The van der Waals surface area contributed by atoms with Gasteiger partial charge in [-0.05, 0) is 67.3 Å². The van der Waals surface area contributed by atoms with Crippen LogP contribution in [-0.2, 0) is 31.2 Å². The van der Waals surface area contributed by atoms with Gasteiger partial charge in [-0.25, -0.2) is 9.48 Å². The first-order valence-corrected chi connectivity index (χ1v) is 14.9. The summed E-state index contributed by atoms with van der Waals surface area (Å²) in [6, 6.07) is -1.99. The molecule has 242 valence electrons. The van der Waals surface area contributed by atoms with Crippen molar-refractivity contribution >= 4 is 23.6 Å². The van der Waals surface area contributed by atoms with Crippen LogP contribution in [0.5, 0.6) is 0 Å². The van der Waals surface area contributed by atoms with Gasteiger partial charge in [-0.1, -0.05) is 32.9 Å². The van der Waals surface area contributed by atoms with E-state index < -0.39 is 18.1 Å². The number of nitrogens with one attached hydrogen (secondary N) is 4. The monoisotopic (exact) mass is 596 g/mol. The second-order valence-corrected chi connectivity index (χ2v) is 11.9. The number of hydrogen-bond donors (Lipinski definition) is 5. The Morgan fingerprint density at radius 2 is 1.67 bits per heavy atom. The smallest absolute Gasteiger partial charge is 0.312 e. The summed E-state index contributed by atoms with van der Waals surface area (Å²) in [6.45, 7) is 18.8. The van der Waals surface area contributed by atoms with Crippen LogP contribution in [-0.4, -0.2) is 76.5 Å². The zero-order chi connectivity index (χ0) is 32.5. The largest absolute Gasteiger partial charge is 0.376 e. The number of Topliss-reactive ketones (excluding diaryl/α,β-unsaturated/α-hetero) is 1. The van der Waals surface area contributed by atoms with Gasteiger partial charge in [-0.15, -0.1) is 5.10 Å². The number of carbonyl (C=O) groups is 4. The number of amides is 4. The summed E-state index contributed by atoms with van der Waals surface area (Å²) in [5, 5.41) is 19.4. The summed E-state index contributed by atoms with van der Waals surface area (Å²) < 4.78 is 7.61. The number of aromatic nitrogens is 3. The highest BCUT2D eigenvalue weighted by atomic mass is 16.5. The Morgan fingerprint density at radius 3 is 2.21 bits per heavy atom. The maximum Gasteiger partial charge on any atom is 0.312 e. The molecule has 4 amide bonds. The summed E-state index contributed by atoms with van der Waals surface area (Å²) in [5.74, 6) is -0.961. The average Bonchev–Trinajstić information content (AvgIpc) is 3.39. The molecular formula is C29H56N8O5. The lowest BCUT2D eigenvalue weighted by Gasteiger charge is -2.27. The van der Waals surface area contributed by atoms with Crippen molar-refractivity contribution in [1.82, 2.24) is 36.3 Å². The van der Waals surface area contributed by atoms with Gasteiger partial charge in [-0.2, -0.15) is 0 Å². The SMILES string of the molecule is CC.CNC(CCC(=O)NCc1cn(C(C)(C)CCOC(C)(C)C)nn1)C(=O)NC(CCCNC(N)=O)C(=O)C(C)C. The summed E-state index contributed by atoms with van der Waals surface area (Å²) in [5.41, 5.74) is 5.19. The van der Waals surface area contributed by atoms with Gasteiger partial charge >= 0.3 is 6.03 Å². The molecular weight excluding hydrogens is 540 g/mol. The van der Waals surface area contributed by atoms with Gasteiger partial charge in [0.15, 0.2) is 5.78 Å². The van der Waals surface area contributed by atoms with Crippen molar-refractivity contribution < 1.29 is 23.9 Å². The predicted molar refractivity (Wildman–Crippen MR) is 164 cm³/mol. The first-order chi connectivity index (χ1) is 19.6. The number of nitrogens with two attached hydrogens (primary N) is 1. The van der Waals surface area contributed by atoms with Gasteiger partial charge in [0, 0.05) is 25.5 Å². The maximum atomic E-state index is 12.9. The Bertz CT molecular complexity index is 971. The highest BCUT2D eigenvalue weighted by Gasteiger charge is 2.27. The second-order valence-electron chi connectivity index (χ2n) is 11.9. The van der Waals surface area contributed by atoms with E-state index in [-0.39, 0.29) is 54.0 Å². The van der Waals surface area contributed by atoms with E-state index in [4.69, 9.17) is 10.5 Å². The van der Waals surface area contributed by atoms with Crippen LogP contribution in [0.15, 0.2) is 6.20 Å². The quantitative estimate of drug-likeness (QED) is 0.160. The second kappa shape index (κ2) is 19.2. The number of nitrogens with zero attached hydrogens (tertiary/aromatic N) is 3. The fraction of sp³-hybridized carbons (Fsp3) is 0.793. The van der Waals surface area contributed by atoms with Gasteiger partial charge in [0.25, 0.3) is 0 Å². The topological polar surface area (TPSA) is 182 Å². The minimum Gasteiger partial charge on any atom is -0.376 e. The third-order valence-electron chi connectivity index (χ3n) is 6.40. The number of hydrogen-bond acceptors (Lipinski definition) is 8. The number of rotatable bonds is 18. The molecule has 13 heteroatoms. The molecule has 2 unspecified atom stereocenters. The first-order valence-electron chi connectivity index (χ1n) is 14.9. The zero-order valence-corrected chi connectivity index (χ0v) is 27.4. The molecule has 1 heterocycles. The molecule has 0 radical (unpaired) electrons. The minimum absolute atomic E-state index is 0.0991. The molecule has 0 bridgehead atoms. The molecule has 0 aromatic carbocycles. The zero-order valence-electron chi connectivity index (χ0n) is 27.4. The average molecular weight is 597 g/mol. The molecule has 0 saturated carbocycles. The first kappa shape index (κ1) is 38.9. The van der Waals surface area contributed by atoms with E-state index >= 15 is 0 Å². The van der Waals surface area contributed by atoms with E-state index in [0.29, 0.717) is 31.7 Å². The van der Waals surface area contributed by atoms with Crippen LogP contribution in [0.1, 0.15) is 100 Å². The molecule has 1 aromatic heterocycles. The van der Waals surface area contributed by atoms with Crippen molar-refractivity contribution in [2.24, 2.45) is 11.7 Å². The fourth-order valence-electron chi connectivity index (χ4n) is 3.83. The predicted octanol–water partition coefficient (Wildman–Crippen LogP) is 2.39. The Labute approximate surface area is 251 Å². The number of ketones is 1. The van der Waals surface area contributed by atoms with E-state index in [0.717, 1.165) is 6.42 Å². The third-order valence-corrected chi connectivity index (χ3v) is 6.40. The molecule has 1 rings (SSSR count). The molecule has 42 heavy (non-hydrogen) atoms. The number of carbonyl (C=O) groups excluding carboxylic acids is 4. The lowest BCUT2D eigenvalue weighted by atomic mass is 9.97. The van der Waals surface area contributed by atoms with E-state index in [1.165, 1.54) is 0 Å². The molecule has 0 aliphatic heterocycles. The van der Waals surface area contributed by atoms with Crippen molar-refractivity contribution in [3.63, 3.8) is 0 Å². The van der Waals surface area contributed by atoms with E-state index in [9.17, 15) is 19.2 Å². The molecule has 0 saturated heterocycles. The van der Waals surface area contributed by atoms with Crippen molar-refractivity contribution in [1.29, 1.82) is 0 Å². The highest BCUT2D eigenvalue weighted by molar-refractivity contribution is 5.92. The molecule has 6 N–H and O–H groups in total. The Balaban J connectivity index is 0.00000821. The van der Waals surface area contributed by atoms with Crippen LogP contribution in [0.4, 0.5) is 4.79 Å². The number of ether oxygens (including phenoxy) is 1. The minimum atomic E-state index is -0.696. The Hall–Kier alpha value is -3.06. The van der Waals surface area contributed by atoms with Crippen LogP contribution < -0.4 is 27.0 Å². The van der Waals surface area contributed by atoms with Crippen LogP contribution in [0.3, 0.4) is 0 Å². The third kappa shape index (κ3) is 15.8. The molecule has 0 aliphatic rings. The summed E-state index contributed by atoms with van der Waals surface area (Å²) in [4.78, 5) is 48.9. The fourth-order valence-corrected chi connectivity index (χ4v) is 3.83. The van der Waals surface area contributed by atoms with E-state index in [2.05, 4.69) is 45.4 Å². The maximum absolute atomic E-state index is 12.9. The van der Waals surface area contributed by atoms with E-state index in [1.54, 1.807) is 25.6 Å².